The van der Waals surface area contributed by atoms with Crippen LogP contribution in [0, 0.1) is 5.92 Å². The molecular formula is C20H23ClF3NO2. The number of nitrogens with zero attached hydrogens (tertiary/aromatic N) is 1. The van der Waals surface area contributed by atoms with Crippen LogP contribution in [0.1, 0.15) is 55.8 Å². The van der Waals surface area contributed by atoms with Crippen molar-refractivity contribution in [3.63, 3.8) is 0 Å². The number of aromatic nitrogens is 1. The first-order valence-corrected chi connectivity index (χ1v) is 9.55. The molecular weight excluding hydrogens is 379 g/mol. The highest BCUT2D eigenvalue weighted by Gasteiger charge is 2.34. The van der Waals surface area contributed by atoms with Gasteiger partial charge in [0.2, 0.25) is 0 Å². The first-order chi connectivity index (χ1) is 12.6. The number of hydrogen-bond acceptors (Lipinski definition) is 2. The van der Waals surface area contributed by atoms with Crippen LogP contribution < -0.4 is 0 Å². The van der Waals surface area contributed by atoms with Gasteiger partial charge in [-0.15, -0.1) is 0 Å². The van der Waals surface area contributed by atoms with Gasteiger partial charge >= 0.3 is 6.18 Å². The van der Waals surface area contributed by atoms with Crippen LogP contribution in [0.3, 0.4) is 0 Å². The standard InChI is InChI=1S/C20H23ClF3NO2/c1-13-4-3-8-19(27,10-13)9-7-17(26)14-11-25(12-20(22,23)24)16-6-2-5-15(21)18(14)16/h2,5-6,11,13,27H,3-4,7-10,12H2,1H3/t13-,19+/m0/s1. The quantitative estimate of drug-likeness (QED) is 0.647. The van der Waals surface area contributed by atoms with E-state index in [-0.39, 0.29) is 28.3 Å². The third kappa shape index (κ3) is 4.66. The molecule has 0 spiro atoms. The average Bonchev–Trinajstić information content (AvgIpc) is 2.91. The lowest BCUT2D eigenvalue weighted by atomic mass is 9.76. The summed E-state index contributed by atoms with van der Waals surface area (Å²) in [6.45, 7) is 0.898. The smallest absolute Gasteiger partial charge is 0.390 e. The summed E-state index contributed by atoms with van der Waals surface area (Å²) in [5, 5.41) is 11.3. The van der Waals surface area contributed by atoms with Crippen molar-refractivity contribution < 1.29 is 23.1 Å². The third-order valence-corrected chi connectivity index (χ3v) is 5.71. The van der Waals surface area contributed by atoms with E-state index in [9.17, 15) is 23.1 Å². The van der Waals surface area contributed by atoms with Crippen molar-refractivity contribution >= 4 is 28.3 Å². The molecule has 27 heavy (non-hydrogen) atoms. The summed E-state index contributed by atoms with van der Waals surface area (Å²) in [7, 11) is 0. The van der Waals surface area contributed by atoms with Gasteiger partial charge in [0.25, 0.3) is 0 Å². The number of alkyl halides is 3. The summed E-state index contributed by atoms with van der Waals surface area (Å²) in [5.41, 5.74) is -0.401. The predicted octanol–water partition coefficient (Wildman–Crippen LogP) is 5.76. The van der Waals surface area contributed by atoms with Gasteiger partial charge in [0.15, 0.2) is 5.78 Å². The van der Waals surface area contributed by atoms with E-state index >= 15 is 0 Å². The van der Waals surface area contributed by atoms with Crippen molar-refractivity contribution in [2.45, 2.75) is 63.8 Å². The zero-order valence-electron chi connectivity index (χ0n) is 15.2. The number of aliphatic hydroxyl groups is 1. The fourth-order valence-electron chi connectivity index (χ4n) is 4.18. The Morgan fingerprint density at radius 1 is 1.41 bits per heavy atom. The summed E-state index contributed by atoms with van der Waals surface area (Å²) in [5.74, 6) is 0.114. The van der Waals surface area contributed by atoms with Gasteiger partial charge in [-0.3, -0.25) is 4.79 Å². The van der Waals surface area contributed by atoms with Crippen molar-refractivity contribution in [1.82, 2.24) is 4.57 Å². The van der Waals surface area contributed by atoms with Crippen LogP contribution in [-0.4, -0.2) is 27.2 Å². The zero-order valence-corrected chi connectivity index (χ0v) is 15.9. The highest BCUT2D eigenvalue weighted by molar-refractivity contribution is 6.37. The molecule has 3 rings (SSSR count). The van der Waals surface area contributed by atoms with Gasteiger partial charge in [0.1, 0.15) is 6.54 Å². The molecule has 2 atom stereocenters. The van der Waals surface area contributed by atoms with Crippen LogP contribution in [-0.2, 0) is 6.54 Å². The molecule has 2 aromatic rings. The van der Waals surface area contributed by atoms with Crippen molar-refractivity contribution in [3.8, 4) is 0 Å². The maximum absolute atomic E-state index is 12.9. The van der Waals surface area contributed by atoms with E-state index in [1.807, 2.05) is 0 Å². The molecule has 0 aliphatic heterocycles. The second-order valence-corrected chi connectivity index (χ2v) is 8.18. The first-order valence-electron chi connectivity index (χ1n) is 9.18. The van der Waals surface area contributed by atoms with Gasteiger partial charge in [-0.25, -0.2) is 0 Å². The van der Waals surface area contributed by atoms with E-state index in [0.717, 1.165) is 17.4 Å². The summed E-state index contributed by atoms with van der Waals surface area (Å²) in [6.07, 6.45) is 0.519. The number of benzene rings is 1. The van der Waals surface area contributed by atoms with E-state index in [1.54, 1.807) is 12.1 Å². The van der Waals surface area contributed by atoms with Crippen LogP contribution in [0.5, 0.6) is 0 Å². The highest BCUT2D eigenvalue weighted by Crippen LogP contribution is 2.37. The van der Waals surface area contributed by atoms with Gasteiger partial charge in [-0.2, -0.15) is 13.2 Å². The molecule has 1 heterocycles. The topological polar surface area (TPSA) is 42.2 Å². The van der Waals surface area contributed by atoms with Crippen molar-refractivity contribution in [3.05, 3.63) is 35.0 Å². The molecule has 7 heteroatoms. The van der Waals surface area contributed by atoms with Gasteiger partial charge in [-0.1, -0.05) is 37.4 Å². The third-order valence-electron chi connectivity index (χ3n) is 5.39. The highest BCUT2D eigenvalue weighted by atomic mass is 35.5. The molecule has 1 aliphatic rings. The molecule has 1 N–H and O–H groups in total. The number of carbonyl (C=O) groups excluding carboxylic acids is 1. The molecule has 0 unspecified atom stereocenters. The Hall–Kier alpha value is -1.53. The normalized spacial score (nSPS) is 23.7. The van der Waals surface area contributed by atoms with E-state index < -0.39 is 18.3 Å². The fourth-order valence-corrected chi connectivity index (χ4v) is 4.46. The molecule has 3 nitrogen and oxygen atoms in total. The lowest BCUT2D eigenvalue weighted by Gasteiger charge is -2.35. The van der Waals surface area contributed by atoms with Gasteiger partial charge < -0.3 is 9.67 Å². The van der Waals surface area contributed by atoms with E-state index in [4.69, 9.17) is 11.6 Å². The Morgan fingerprint density at radius 3 is 2.81 bits per heavy atom. The number of halogens is 4. The zero-order chi connectivity index (χ0) is 19.8. The summed E-state index contributed by atoms with van der Waals surface area (Å²) in [4.78, 5) is 12.8. The Balaban J connectivity index is 1.86. The number of hydrogen-bond donors (Lipinski definition) is 1. The van der Waals surface area contributed by atoms with Crippen LogP contribution in [0.15, 0.2) is 24.4 Å². The molecule has 1 aromatic heterocycles. The number of Topliss-reactive ketones (excluding diaryl/α,β-unsaturated/α-hetero) is 1. The maximum atomic E-state index is 12.9. The second kappa shape index (κ2) is 7.47. The van der Waals surface area contributed by atoms with Crippen LogP contribution >= 0.6 is 11.6 Å². The number of carbonyl (C=O) groups is 1. The van der Waals surface area contributed by atoms with Gasteiger partial charge in [0.05, 0.1) is 16.1 Å². The van der Waals surface area contributed by atoms with Gasteiger partial charge in [0, 0.05) is 23.6 Å². The van der Waals surface area contributed by atoms with E-state index in [2.05, 4.69) is 6.92 Å². The summed E-state index contributed by atoms with van der Waals surface area (Å²) >= 11 is 6.19. The SMILES string of the molecule is C[C@H]1CCC[C@@](O)(CCC(=O)c2cn(CC(F)(F)F)c3cccc(Cl)c23)C1. The minimum Gasteiger partial charge on any atom is -0.390 e. The number of ketones is 1. The minimum absolute atomic E-state index is 0.0829. The van der Waals surface area contributed by atoms with E-state index in [0.29, 0.717) is 30.6 Å². The summed E-state index contributed by atoms with van der Waals surface area (Å²) < 4.78 is 39.7. The Labute approximate surface area is 161 Å². The summed E-state index contributed by atoms with van der Waals surface area (Å²) in [6, 6.07) is 4.66. The average molecular weight is 402 g/mol. The van der Waals surface area contributed by atoms with Crippen LogP contribution in [0.4, 0.5) is 13.2 Å². The van der Waals surface area contributed by atoms with Crippen LogP contribution in [0.2, 0.25) is 5.02 Å². The maximum Gasteiger partial charge on any atom is 0.406 e. The minimum atomic E-state index is -4.40. The molecule has 0 saturated heterocycles. The molecule has 0 bridgehead atoms. The second-order valence-electron chi connectivity index (χ2n) is 7.77. The molecule has 1 saturated carbocycles. The van der Waals surface area contributed by atoms with E-state index in [1.165, 1.54) is 12.3 Å². The molecule has 1 aromatic carbocycles. The lowest BCUT2D eigenvalue weighted by Crippen LogP contribution is -2.35. The van der Waals surface area contributed by atoms with Crippen molar-refractivity contribution in [1.29, 1.82) is 0 Å². The number of fused-ring (bicyclic) bond motifs is 1. The van der Waals surface area contributed by atoms with Crippen molar-refractivity contribution in [2.24, 2.45) is 5.92 Å². The molecule has 1 aliphatic carbocycles. The largest absolute Gasteiger partial charge is 0.406 e. The molecule has 148 valence electrons. The first kappa shape index (κ1) is 20.2. The fraction of sp³-hybridized carbons (Fsp3) is 0.550. The lowest BCUT2D eigenvalue weighted by molar-refractivity contribution is -0.139. The predicted molar refractivity (Wildman–Crippen MR) is 99.1 cm³/mol. The Bertz CT molecular complexity index is 846. The van der Waals surface area contributed by atoms with Gasteiger partial charge in [-0.05, 0) is 37.3 Å². The van der Waals surface area contributed by atoms with Crippen LogP contribution in [0.25, 0.3) is 10.9 Å². The Kier molecular flexibility index (Phi) is 5.59. The monoisotopic (exact) mass is 401 g/mol. The Morgan fingerprint density at radius 2 is 2.15 bits per heavy atom. The molecule has 0 amide bonds. The number of rotatable bonds is 5. The van der Waals surface area contributed by atoms with Crippen molar-refractivity contribution in [2.75, 3.05) is 0 Å². The molecule has 1 fully saturated rings. The molecule has 0 radical (unpaired) electrons.